The summed E-state index contributed by atoms with van der Waals surface area (Å²) in [5.74, 6) is 3.37. The number of nitrogens with zero attached hydrogens (tertiary/aromatic N) is 4. The lowest BCUT2D eigenvalue weighted by Crippen LogP contribution is -2.33. The predicted octanol–water partition coefficient (Wildman–Crippen LogP) is 1.38. The number of rotatable bonds is 7. The zero-order valence-electron chi connectivity index (χ0n) is 14.8. The highest BCUT2D eigenvalue weighted by molar-refractivity contribution is 5.78. The highest BCUT2D eigenvalue weighted by Gasteiger charge is 2.45. The summed E-state index contributed by atoms with van der Waals surface area (Å²) >= 11 is 0. The molecule has 4 rings (SSSR count). The molecule has 0 radical (unpaired) electrons. The van der Waals surface area contributed by atoms with E-state index in [0.29, 0.717) is 30.7 Å². The highest BCUT2D eigenvalue weighted by atomic mass is 16.5. The van der Waals surface area contributed by atoms with Crippen molar-refractivity contribution in [3.63, 3.8) is 0 Å². The number of aromatic nitrogens is 4. The molecule has 2 aromatic rings. The zero-order chi connectivity index (χ0) is 17.9. The quantitative estimate of drug-likeness (QED) is 0.805. The largest absolute Gasteiger partial charge is 0.482 e. The maximum absolute atomic E-state index is 12.6. The lowest BCUT2D eigenvalue weighted by Gasteiger charge is -2.16. The number of hydrogen-bond donors (Lipinski definition) is 1. The number of hydrogen-bond acceptors (Lipinski definition) is 6. The van der Waals surface area contributed by atoms with E-state index in [2.05, 4.69) is 20.2 Å². The van der Waals surface area contributed by atoms with Crippen LogP contribution in [0.2, 0.25) is 0 Å². The number of ether oxygens (including phenoxy) is 2. The number of H-pyrrole nitrogens is 1. The van der Waals surface area contributed by atoms with E-state index in [-0.39, 0.29) is 18.4 Å². The first-order valence-electron chi connectivity index (χ1n) is 8.95. The normalized spacial score (nSPS) is 22.6. The molecule has 1 N–H and O–H groups in total. The SMILES string of the molecule is COCc1nc([C@H]2CN(C(=O)COc3cccnc3)C[C@@H]2C2CC2)n[nH]1. The van der Waals surface area contributed by atoms with Crippen LogP contribution >= 0.6 is 0 Å². The molecule has 8 heteroatoms. The number of carbonyl (C=O) groups is 1. The summed E-state index contributed by atoms with van der Waals surface area (Å²) in [5, 5.41) is 7.30. The van der Waals surface area contributed by atoms with E-state index in [9.17, 15) is 4.79 Å². The van der Waals surface area contributed by atoms with Gasteiger partial charge in [0.1, 0.15) is 12.4 Å². The molecule has 2 atom stereocenters. The predicted molar refractivity (Wildman–Crippen MR) is 92.4 cm³/mol. The van der Waals surface area contributed by atoms with Gasteiger partial charge in [0, 0.05) is 32.3 Å². The Balaban J connectivity index is 1.41. The minimum atomic E-state index is -0.00495. The van der Waals surface area contributed by atoms with Crippen LogP contribution in [-0.4, -0.2) is 57.8 Å². The van der Waals surface area contributed by atoms with Gasteiger partial charge in [0.05, 0.1) is 6.20 Å². The Morgan fingerprint density at radius 1 is 1.38 bits per heavy atom. The van der Waals surface area contributed by atoms with Crippen molar-refractivity contribution in [1.29, 1.82) is 0 Å². The van der Waals surface area contributed by atoms with Crippen molar-refractivity contribution in [2.45, 2.75) is 25.4 Å². The molecular weight excluding hydrogens is 334 g/mol. The lowest BCUT2D eigenvalue weighted by molar-refractivity contribution is -0.132. The molecule has 0 bridgehead atoms. The van der Waals surface area contributed by atoms with E-state index in [1.807, 2.05) is 4.90 Å². The summed E-state index contributed by atoms with van der Waals surface area (Å²) in [4.78, 5) is 23.0. The van der Waals surface area contributed by atoms with Gasteiger partial charge in [-0.2, -0.15) is 5.10 Å². The molecule has 2 aromatic heterocycles. The third-order valence-corrected chi connectivity index (χ3v) is 5.10. The molecule has 0 unspecified atom stereocenters. The van der Waals surface area contributed by atoms with E-state index < -0.39 is 0 Å². The van der Waals surface area contributed by atoms with Crippen molar-refractivity contribution in [2.24, 2.45) is 11.8 Å². The Morgan fingerprint density at radius 3 is 3.00 bits per heavy atom. The third-order valence-electron chi connectivity index (χ3n) is 5.10. The molecule has 138 valence electrons. The van der Waals surface area contributed by atoms with Gasteiger partial charge in [0.2, 0.25) is 0 Å². The minimum Gasteiger partial charge on any atom is -0.482 e. The molecule has 3 heterocycles. The average molecular weight is 357 g/mol. The van der Waals surface area contributed by atoms with Crippen LogP contribution in [0.3, 0.4) is 0 Å². The van der Waals surface area contributed by atoms with Crippen molar-refractivity contribution in [3.05, 3.63) is 36.2 Å². The fourth-order valence-electron chi connectivity index (χ4n) is 3.65. The zero-order valence-corrected chi connectivity index (χ0v) is 14.8. The van der Waals surface area contributed by atoms with Gasteiger partial charge < -0.3 is 14.4 Å². The van der Waals surface area contributed by atoms with Crippen molar-refractivity contribution < 1.29 is 14.3 Å². The van der Waals surface area contributed by atoms with Gasteiger partial charge in [-0.3, -0.25) is 14.9 Å². The Morgan fingerprint density at radius 2 is 2.27 bits per heavy atom. The van der Waals surface area contributed by atoms with Crippen molar-refractivity contribution in [1.82, 2.24) is 25.1 Å². The molecule has 26 heavy (non-hydrogen) atoms. The molecule has 2 fully saturated rings. The Bertz CT molecular complexity index is 746. The smallest absolute Gasteiger partial charge is 0.260 e. The van der Waals surface area contributed by atoms with Crippen molar-refractivity contribution >= 4 is 5.91 Å². The first kappa shape index (κ1) is 17.0. The van der Waals surface area contributed by atoms with E-state index in [1.54, 1.807) is 31.6 Å². The molecule has 2 aliphatic rings. The molecule has 8 nitrogen and oxygen atoms in total. The van der Waals surface area contributed by atoms with Crippen LogP contribution in [0.1, 0.15) is 30.4 Å². The highest BCUT2D eigenvalue weighted by Crippen LogP contribution is 2.46. The Kier molecular flexibility index (Phi) is 4.83. The number of nitrogens with one attached hydrogen (secondary N) is 1. The number of aromatic amines is 1. The van der Waals surface area contributed by atoms with Crippen LogP contribution in [0.5, 0.6) is 5.75 Å². The average Bonchev–Trinajstić information content (AvgIpc) is 3.24. The Labute approximate surface area is 151 Å². The van der Waals surface area contributed by atoms with E-state index >= 15 is 0 Å². The van der Waals surface area contributed by atoms with E-state index in [4.69, 9.17) is 9.47 Å². The maximum atomic E-state index is 12.6. The molecule has 1 amide bonds. The Hall–Kier alpha value is -2.48. The second kappa shape index (κ2) is 7.41. The van der Waals surface area contributed by atoms with Crippen LogP contribution < -0.4 is 4.74 Å². The first-order valence-corrected chi connectivity index (χ1v) is 8.95. The number of methoxy groups -OCH3 is 1. The molecule has 0 spiro atoms. The molecule has 1 saturated carbocycles. The van der Waals surface area contributed by atoms with Gasteiger partial charge in [-0.1, -0.05) is 0 Å². The van der Waals surface area contributed by atoms with Crippen LogP contribution in [0.15, 0.2) is 24.5 Å². The lowest BCUT2D eigenvalue weighted by atomic mass is 9.91. The third kappa shape index (κ3) is 3.70. The number of likely N-dealkylation sites (tertiary alicyclic amines) is 1. The first-order chi connectivity index (χ1) is 12.7. The second-order valence-corrected chi connectivity index (χ2v) is 6.96. The second-order valence-electron chi connectivity index (χ2n) is 6.96. The van der Waals surface area contributed by atoms with Gasteiger partial charge in [-0.15, -0.1) is 0 Å². The molecule has 1 aliphatic heterocycles. The van der Waals surface area contributed by atoms with Crippen LogP contribution in [0, 0.1) is 11.8 Å². The van der Waals surface area contributed by atoms with Gasteiger partial charge in [-0.25, -0.2) is 4.98 Å². The standard InChI is InChI=1S/C18H23N5O3/c1-25-10-16-20-18(22-21-16)15-9-23(8-14(15)12-4-5-12)17(24)11-26-13-3-2-6-19-7-13/h2-3,6-7,12,14-15H,4-5,8-11H2,1H3,(H,20,21,22)/t14-,15+/m1/s1. The van der Waals surface area contributed by atoms with Crippen molar-refractivity contribution in [3.8, 4) is 5.75 Å². The van der Waals surface area contributed by atoms with Gasteiger partial charge in [-0.05, 0) is 36.8 Å². The molecular formula is C18H23N5O3. The summed E-state index contributed by atoms with van der Waals surface area (Å²) in [5.41, 5.74) is 0. The van der Waals surface area contributed by atoms with E-state index in [1.165, 1.54) is 12.8 Å². The monoisotopic (exact) mass is 357 g/mol. The summed E-state index contributed by atoms with van der Waals surface area (Å²) in [6, 6.07) is 3.58. The summed E-state index contributed by atoms with van der Waals surface area (Å²) in [7, 11) is 1.63. The topological polar surface area (TPSA) is 93.2 Å². The number of pyridine rings is 1. The van der Waals surface area contributed by atoms with Crippen LogP contribution in [-0.2, 0) is 16.1 Å². The summed E-state index contributed by atoms with van der Waals surface area (Å²) < 4.78 is 10.7. The molecule has 0 aromatic carbocycles. The number of carbonyl (C=O) groups excluding carboxylic acids is 1. The fourth-order valence-corrected chi connectivity index (χ4v) is 3.65. The van der Waals surface area contributed by atoms with Crippen molar-refractivity contribution in [2.75, 3.05) is 26.8 Å². The minimum absolute atomic E-state index is 0.00495. The number of amides is 1. The van der Waals surface area contributed by atoms with Crippen LogP contribution in [0.25, 0.3) is 0 Å². The maximum Gasteiger partial charge on any atom is 0.260 e. The van der Waals surface area contributed by atoms with Gasteiger partial charge in [0.25, 0.3) is 5.91 Å². The fraction of sp³-hybridized carbons (Fsp3) is 0.556. The summed E-state index contributed by atoms with van der Waals surface area (Å²) in [6.07, 6.45) is 5.74. The van der Waals surface area contributed by atoms with E-state index in [0.717, 1.165) is 18.2 Å². The summed E-state index contributed by atoms with van der Waals surface area (Å²) in [6.45, 7) is 1.83. The van der Waals surface area contributed by atoms with Gasteiger partial charge in [0.15, 0.2) is 18.3 Å². The molecule has 1 aliphatic carbocycles. The molecule has 1 saturated heterocycles. The van der Waals surface area contributed by atoms with Crippen LogP contribution in [0.4, 0.5) is 0 Å². The van der Waals surface area contributed by atoms with Gasteiger partial charge >= 0.3 is 0 Å².